The SMILES string of the molecule is N#Cc1ccc(S(=O)(=O)N2CCC(C(=O)N3CCCC3c3ccsc3)CC2)cc1. The van der Waals surface area contributed by atoms with Crippen molar-refractivity contribution in [2.45, 2.75) is 36.6 Å². The Bertz CT molecular complexity index is 1000. The molecule has 29 heavy (non-hydrogen) atoms. The minimum atomic E-state index is -3.60. The summed E-state index contributed by atoms with van der Waals surface area (Å²) in [4.78, 5) is 15.3. The van der Waals surface area contributed by atoms with Crippen LogP contribution in [0.4, 0.5) is 0 Å². The van der Waals surface area contributed by atoms with Crippen LogP contribution >= 0.6 is 11.3 Å². The van der Waals surface area contributed by atoms with Gasteiger partial charge in [0.05, 0.1) is 22.6 Å². The molecule has 1 aromatic carbocycles. The van der Waals surface area contributed by atoms with E-state index in [4.69, 9.17) is 5.26 Å². The normalized spacial score (nSPS) is 21.2. The summed E-state index contributed by atoms with van der Waals surface area (Å²) >= 11 is 1.65. The van der Waals surface area contributed by atoms with Crippen LogP contribution in [0.25, 0.3) is 0 Å². The molecular weight excluding hydrogens is 406 g/mol. The van der Waals surface area contributed by atoms with Crippen molar-refractivity contribution >= 4 is 27.3 Å². The summed E-state index contributed by atoms with van der Waals surface area (Å²) in [5.41, 5.74) is 1.64. The van der Waals surface area contributed by atoms with E-state index >= 15 is 0 Å². The van der Waals surface area contributed by atoms with Crippen LogP contribution in [0.3, 0.4) is 0 Å². The molecule has 2 saturated heterocycles. The lowest BCUT2D eigenvalue weighted by molar-refractivity contribution is -0.137. The van der Waals surface area contributed by atoms with E-state index in [1.807, 2.05) is 16.3 Å². The Kier molecular flexibility index (Phi) is 5.72. The highest BCUT2D eigenvalue weighted by Gasteiger charge is 2.37. The van der Waals surface area contributed by atoms with E-state index in [9.17, 15) is 13.2 Å². The van der Waals surface area contributed by atoms with Gasteiger partial charge in [-0.2, -0.15) is 20.9 Å². The number of thiophene rings is 1. The molecule has 0 saturated carbocycles. The number of hydrogen-bond donors (Lipinski definition) is 0. The number of rotatable bonds is 4. The van der Waals surface area contributed by atoms with Crippen LogP contribution in [-0.4, -0.2) is 43.2 Å². The molecule has 8 heteroatoms. The van der Waals surface area contributed by atoms with Gasteiger partial charge < -0.3 is 4.90 Å². The van der Waals surface area contributed by atoms with Crippen LogP contribution in [0.15, 0.2) is 46.0 Å². The highest BCUT2D eigenvalue weighted by molar-refractivity contribution is 7.89. The summed E-state index contributed by atoms with van der Waals surface area (Å²) in [6, 6.07) is 10.2. The van der Waals surface area contributed by atoms with Gasteiger partial charge in [-0.15, -0.1) is 0 Å². The van der Waals surface area contributed by atoms with Crippen molar-refractivity contribution in [3.8, 4) is 6.07 Å². The van der Waals surface area contributed by atoms with Gasteiger partial charge in [0, 0.05) is 25.6 Å². The second-order valence-corrected chi connectivity index (χ2v) is 10.3. The molecule has 2 aliphatic heterocycles. The number of benzene rings is 1. The van der Waals surface area contributed by atoms with E-state index < -0.39 is 10.0 Å². The molecule has 2 aromatic rings. The molecule has 0 bridgehead atoms. The molecular formula is C21H23N3O3S2. The molecule has 2 aliphatic rings. The quantitative estimate of drug-likeness (QED) is 0.746. The molecule has 1 amide bonds. The number of nitrogens with zero attached hydrogens (tertiary/aromatic N) is 3. The fraction of sp³-hybridized carbons (Fsp3) is 0.429. The van der Waals surface area contributed by atoms with Gasteiger partial charge in [-0.05, 0) is 72.3 Å². The van der Waals surface area contributed by atoms with E-state index in [2.05, 4.69) is 11.4 Å². The Morgan fingerprint density at radius 2 is 1.79 bits per heavy atom. The zero-order chi connectivity index (χ0) is 20.4. The van der Waals surface area contributed by atoms with Crippen molar-refractivity contribution < 1.29 is 13.2 Å². The van der Waals surface area contributed by atoms with Crippen LogP contribution in [0.2, 0.25) is 0 Å². The van der Waals surface area contributed by atoms with Crippen molar-refractivity contribution in [3.63, 3.8) is 0 Å². The van der Waals surface area contributed by atoms with Crippen LogP contribution < -0.4 is 0 Å². The maximum atomic E-state index is 13.1. The average Bonchev–Trinajstić information content (AvgIpc) is 3.45. The van der Waals surface area contributed by atoms with Crippen LogP contribution in [0, 0.1) is 17.2 Å². The van der Waals surface area contributed by atoms with Crippen LogP contribution in [0.1, 0.15) is 42.9 Å². The van der Waals surface area contributed by atoms with Crippen molar-refractivity contribution in [1.29, 1.82) is 5.26 Å². The number of carbonyl (C=O) groups excluding carboxylic acids is 1. The van der Waals surface area contributed by atoms with E-state index in [0.717, 1.165) is 19.4 Å². The van der Waals surface area contributed by atoms with Gasteiger partial charge in [-0.25, -0.2) is 8.42 Å². The molecule has 1 aromatic heterocycles. The van der Waals surface area contributed by atoms with E-state index in [1.54, 1.807) is 11.3 Å². The highest BCUT2D eigenvalue weighted by Crippen LogP contribution is 2.36. The second-order valence-electron chi connectivity index (χ2n) is 7.56. The molecule has 2 fully saturated rings. The number of likely N-dealkylation sites (tertiary alicyclic amines) is 1. The molecule has 1 atom stereocenters. The Labute approximate surface area is 175 Å². The van der Waals surface area contributed by atoms with Gasteiger partial charge in [0.15, 0.2) is 0 Å². The van der Waals surface area contributed by atoms with Crippen LogP contribution in [0.5, 0.6) is 0 Å². The summed E-state index contributed by atoms with van der Waals surface area (Å²) in [6.45, 7) is 1.47. The molecule has 4 rings (SSSR count). The van der Waals surface area contributed by atoms with Gasteiger partial charge in [-0.1, -0.05) is 0 Å². The third-order valence-corrected chi connectivity index (χ3v) is 8.50. The first-order valence-electron chi connectivity index (χ1n) is 9.83. The average molecular weight is 430 g/mol. The number of hydrogen-bond acceptors (Lipinski definition) is 5. The molecule has 0 N–H and O–H groups in total. The zero-order valence-electron chi connectivity index (χ0n) is 16.0. The largest absolute Gasteiger partial charge is 0.335 e. The maximum absolute atomic E-state index is 13.1. The first-order chi connectivity index (χ1) is 14.0. The first-order valence-corrected chi connectivity index (χ1v) is 12.2. The van der Waals surface area contributed by atoms with Crippen molar-refractivity contribution in [3.05, 3.63) is 52.2 Å². The van der Waals surface area contributed by atoms with Gasteiger partial charge in [0.2, 0.25) is 15.9 Å². The predicted molar refractivity (Wildman–Crippen MR) is 111 cm³/mol. The van der Waals surface area contributed by atoms with Gasteiger partial charge in [-0.3, -0.25) is 4.79 Å². The van der Waals surface area contributed by atoms with Gasteiger partial charge >= 0.3 is 0 Å². The number of amides is 1. The zero-order valence-corrected chi connectivity index (χ0v) is 17.7. The monoisotopic (exact) mass is 429 g/mol. The summed E-state index contributed by atoms with van der Waals surface area (Å²) in [7, 11) is -3.60. The Balaban J connectivity index is 1.41. The second kappa shape index (κ2) is 8.27. The summed E-state index contributed by atoms with van der Waals surface area (Å²) in [5.74, 6) is 0.0378. The third-order valence-electron chi connectivity index (χ3n) is 5.89. The van der Waals surface area contributed by atoms with E-state index in [1.165, 1.54) is 34.1 Å². The third kappa shape index (κ3) is 3.95. The first kappa shape index (κ1) is 20.1. The minimum absolute atomic E-state index is 0.123. The van der Waals surface area contributed by atoms with Crippen molar-refractivity contribution in [2.24, 2.45) is 5.92 Å². The van der Waals surface area contributed by atoms with Crippen molar-refractivity contribution in [2.75, 3.05) is 19.6 Å². The maximum Gasteiger partial charge on any atom is 0.243 e. The van der Waals surface area contributed by atoms with Crippen LogP contribution in [-0.2, 0) is 14.8 Å². The lowest BCUT2D eigenvalue weighted by atomic mass is 9.95. The number of sulfonamides is 1. The smallest absolute Gasteiger partial charge is 0.243 e. The van der Waals surface area contributed by atoms with Gasteiger partial charge in [0.1, 0.15) is 0 Å². The Morgan fingerprint density at radius 1 is 1.07 bits per heavy atom. The van der Waals surface area contributed by atoms with E-state index in [-0.39, 0.29) is 22.8 Å². The standard InChI is InChI=1S/C21H23N3O3S2/c22-14-16-3-5-19(6-4-16)29(26,27)23-11-7-17(8-12-23)21(25)24-10-1-2-20(24)18-9-13-28-15-18/h3-6,9,13,15,17,20H,1-2,7-8,10-12H2. The fourth-order valence-corrected chi connectivity index (χ4v) is 6.45. The fourth-order valence-electron chi connectivity index (χ4n) is 4.27. The summed E-state index contributed by atoms with van der Waals surface area (Å²) < 4.78 is 27.2. The summed E-state index contributed by atoms with van der Waals surface area (Å²) in [6.07, 6.45) is 3.09. The highest BCUT2D eigenvalue weighted by atomic mass is 32.2. The number of piperidine rings is 1. The molecule has 0 radical (unpaired) electrons. The van der Waals surface area contributed by atoms with E-state index in [0.29, 0.717) is 31.5 Å². The Hall–Kier alpha value is -2.21. The summed E-state index contributed by atoms with van der Waals surface area (Å²) in [5, 5.41) is 13.0. The molecule has 1 unspecified atom stereocenters. The number of nitriles is 1. The molecule has 152 valence electrons. The predicted octanol–water partition coefficient (Wildman–Crippen LogP) is 3.38. The molecule has 0 aliphatic carbocycles. The minimum Gasteiger partial charge on any atom is -0.335 e. The number of carbonyl (C=O) groups is 1. The molecule has 0 spiro atoms. The van der Waals surface area contributed by atoms with Crippen molar-refractivity contribution in [1.82, 2.24) is 9.21 Å². The Morgan fingerprint density at radius 3 is 2.41 bits per heavy atom. The molecule has 6 nitrogen and oxygen atoms in total. The lowest BCUT2D eigenvalue weighted by Crippen LogP contribution is -2.44. The van der Waals surface area contributed by atoms with Gasteiger partial charge in [0.25, 0.3) is 0 Å². The topological polar surface area (TPSA) is 81.5 Å². The molecule has 3 heterocycles. The lowest BCUT2D eigenvalue weighted by Gasteiger charge is -2.34.